The topological polar surface area (TPSA) is 27.7 Å². The summed E-state index contributed by atoms with van der Waals surface area (Å²) in [5, 5.41) is 0. The van der Waals surface area contributed by atoms with E-state index >= 15 is 0 Å². The van der Waals surface area contributed by atoms with Crippen molar-refractivity contribution in [2.45, 2.75) is 182 Å². The summed E-state index contributed by atoms with van der Waals surface area (Å²) in [6.07, 6.45) is 26.0. The van der Waals surface area contributed by atoms with Crippen LogP contribution in [0.15, 0.2) is 0 Å². The van der Waals surface area contributed by atoms with Crippen molar-refractivity contribution >= 4 is 8.80 Å². The van der Waals surface area contributed by atoms with E-state index < -0.39 is 8.80 Å². The van der Waals surface area contributed by atoms with Gasteiger partial charge in [0.15, 0.2) is 0 Å². The Morgan fingerprint density at radius 1 is 0.471 bits per heavy atom. The molecule has 0 spiro atoms. The van der Waals surface area contributed by atoms with Crippen molar-refractivity contribution in [3.05, 3.63) is 0 Å². The van der Waals surface area contributed by atoms with Gasteiger partial charge in [-0.1, -0.05) is 130 Å². The summed E-state index contributed by atoms with van der Waals surface area (Å²) in [7, 11) is -2.66. The molecule has 0 fully saturated rings. The Balaban J connectivity index is 5.07. The van der Waals surface area contributed by atoms with Crippen molar-refractivity contribution < 1.29 is 13.3 Å². The standard InChI is InChI=1S/C30H64O3Si/c1-7-12-15-18-21-24-27-30(6,28-25-22-19-16-13-8-2)33-34(31-10-4,32-11-5)29-26-23-20-17-14-9-3/h7-29H2,1-6H3. The predicted octanol–water partition coefficient (Wildman–Crippen LogP) is 10.6. The van der Waals surface area contributed by atoms with Crippen LogP contribution in [0.1, 0.15) is 170 Å². The molecule has 34 heavy (non-hydrogen) atoms. The number of hydrogen-bond donors (Lipinski definition) is 0. The molecule has 4 heteroatoms. The molecule has 0 aromatic heterocycles. The zero-order chi connectivity index (χ0) is 25.4. The molecule has 0 saturated heterocycles. The van der Waals surface area contributed by atoms with Gasteiger partial charge in [-0.2, -0.15) is 0 Å². The second kappa shape index (κ2) is 23.5. The molecular formula is C30H64O3Si. The van der Waals surface area contributed by atoms with Crippen molar-refractivity contribution in [2.75, 3.05) is 13.2 Å². The van der Waals surface area contributed by atoms with E-state index in [1.54, 1.807) is 0 Å². The summed E-state index contributed by atoms with van der Waals surface area (Å²) >= 11 is 0. The van der Waals surface area contributed by atoms with Gasteiger partial charge in [-0.3, -0.25) is 0 Å². The average Bonchev–Trinajstić information content (AvgIpc) is 2.81. The molecule has 0 bridgehead atoms. The third-order valence-electron chi connectivity index (χ3n) is 7.09. The smallest absolute Gasteiger partial charge is 0.374 e. The van der Waals surface area contributed by atoms with E-state index in [2.05, 4.69) is 41.5 Å². The molecule has 0 rings (SSSR count). The lowest BCUT2D eigenvalue weighted by molar-refractivity contribution is -0.0321. The van der Waals surface area contributed by atoms with E-state index in [9.17, 15) is 0 Å². The van der Waals surface area contributed by atoms with Gasteiger partial charge >= 0.3 is 8.80 Å². The van der Waals surface area contributed by atoms with Gasteiger partial charge in [0.25, 0.3) is 0 Å². The fraction of sp³-hybridized carbons (Fsp3) is 1.00. The summed E-state index contributed by atoms with van der Waals surface area (Å²) in [6.45, 7) is 14.8. The van der Waals surface area contributed by atoms with E-state index in [0.29, 0.717) is 13.2 Å². The molecule has 0 saturated carbocycles. The van der Waals surface area contributed by atoms with Gasteiger partial charge < -0.3 is 13.3 Å². The molecule has 0 aliphatic rings. The highest BCUT2D eigenvalue weighted by Crippen LogP contribution is 2.34. The third kappa shape index (κ3) is 18.4. The normalized spacial score (nSPS) is 12.5. The minimum absolute atomic E-state index is 0.117. The first-order valence-corrected chi connectivity index (χ1v) is 17.4. The largest absolute Gasteiger partial charge is 0.501 e. The predicted molar refractivity (Wildman–Crippen MR) is 153 cm³/mol. The van der Waals surface area contributed by atoms with Crippen LogP contribution >= 0.6 is 0 Å². The summed E-state index contributed by atoms with van der Waals surface area (Å²) in [5.74, 6) is 0. The molecule has 0 heterocycles. The zero-order valence-electron chi connectivity index (χ0n) is 24.5. The molecule has 0 radical (unpaired) electrons. The minimum atomic E-state index is -2.66. The number of hydrogen-bond acceptors (Lipinski definition) is 3. The van der Waals surface area contributed by atoms with Crippen LogP contribution in [0.3, 0.4) is 0 Å². The lowest BCUT2D eigenvalue weighted by Gasteiger charge is -2.40. The van der Waals surface area contributed by atoms with E-state index in [1.807, 2.05) is 0 Å². The van der Waals surface area contributed by atoms with E-state index in [4.69, 9.17) is 13.3 Å². The maximum Gasteiger partial charge on any atom is 0.501 e. The third-order valence-corrected chi connectivity index (χ3v) is 10.3. The quantitative estimate of drug-likeness (QED) is 0.0829. The molecule has 0 atom stereocenters. The van der Waals surface area contributed by atoms with Crippen molar-refractivity contribution in [2.24, 2.45) is 0 Å². The van der Waals surface area contributed by atoms with Crippen LogP contribution < -0.4 is 0 Å². The molecule has 0 amide bonds. The second-order valence-corrected chi connectivity index (χ2v) is 13.3. The Morgan fingerprint density at radius 3 is 1.21 bits per heavy atom. The molecule has 0 aromatic rings. The average molecular weight is 501 g/mol. The first kappa shape index (κ1) is 34.1. The van der Waals surface area contributed by atoms with Crippen molar-refractivity contribution in [1.82, 2.24) is 0 Å². The molecule has 0 aromatic carbocycles. The molecule has 3 nitrogen and oxygen atoms in total. The van der Waals surface area contributed by atoms with Crippen LogP contribution in [0.4, 0.5) is 0 Å². The fourth-order valence-electron chi connectivity index (χ4n) is 5.02. The first-order valence-electron chi connectivity index (χ1n) is 15.5. The van der Waals surface area contributed by atoms with E-state index in [1.165, 1.54) is 116 Å². The van der Waals surface area contributed by atoms with Crippen LogP contribution in [0.25, 0.3) is 0 Å². The highest BCUT2D eigenvalue weighted by molar-refractivity contribution is 6.60. The van der Waals surface area contributed by atoms with Crippen LogP contribution in [-0.4, -0.2) is 27.6 Å². The van der Waals surface area contributed by atoms with Crippen molar-refractivity contribution in [1.29, 1.82) is 0 Å². The van der Waals surface area contributed by atoms with Gasteiger partial charge in [-0.05, 0) is 40.0 Å². The highest BCUT2D eigenvalue weighted by Gasteiger charge is 2.45. The number of unbranched alkanes of at least 4 members (excludes halogenated alkanes) is 15. The van der Waals surface area contributed by atoms with E-state index in [0.717, 1.165) is 18.9 Å². The lowest BCUT2D eigenvalue weighted by Crippen LogP contribution is -2.52. The monoisotopic (exact) mass is 500 g/mol. The molecule has 0 N–H and O–H groups in total. The summed E-state index contributed by atoms with van der Waals surface area (Å²) in [6, 6.07) is 0.976. The molecule has 0 unspecified atom stereocenters. The Hall–Kier alpha value is 0.0969. The second-order valence-electron chi connectivity index (χ2n) is 10.7. The maximum atomic E-state index is 7.08. The fourth-order valence-corrected chi connectivity index (χ4v) is 8.13. The molecule has 0 aliphatic heterocycles. The van der Waals surface area contributed by atoms with Gasteiger partial charge in [0.1, 0.15) is 0 Å². The van der Waals surface area contributed by atoms with Gasteiger partial charge in [0.05, 0.1) is 5.60 Å². The Morgan fingerprint density at radius 2 is 0.824 bits per heavy atom. The SMILES string of the molecule is CCCCCCCCC(C)(CCCCCCCC)O[Si](CCCCCCCC)(OCC)OCC. The highest BCUT2D eigenvalue weighted by atomic mass is 28.4. The van der Waals surface area contributed by atoms with Crippen LogP contribution in [0.2, 0.25) is 6.04 Å². The minimum Gasteiger partial charge on any atom is -0.374 e. The van der Waals surface area contributed by atoms with Crippen LogP contribution in [0, 0.1) is 0 Å². The van der Waals surface area contributed by atoms with Gasteiger partial charge in [0.2, 0.25) is 0 Å². The summed E-state index contributed by atoms with van der Waals surface area (Å²) < 4.78 is 19.9. The van der Waals surface area contributed by atoms with Crippen molar-refractivity contribution in [3.63, 3.8) is 0 Å². The summed E-state index contributed by atoms with van der Waals surface area (Å²) in [5.41, 5.74) is -0.117. The number of rotatable bonds is 27. The Bertz CT molecular complexity index is 394. The lowest BCUT2D eigenvalue weighted by atomic mass is 9.91. The Labute approximate surface area is 216 Å². The van der Waals surface area contributed by atoms with Gasteiger partial charge in [0, 0.05) is 19.3 Å². The van der Waals surface area contributed by atoms with Gasteiger partial charge in [-0.25, -0.2) is 0 Å². The van der Waals surface area contributed by atoms with Gasteiger partial charge in [-0.15, -0.1) is 0 Å². The van der Waals surface area contributed by atoms with E-state index in [-0.39, 0.29) is 5.60 Å². The van der Waals surface area contributed by atoms with Crippen LogP contribution in [0.5, 0.6) is 0 Å². The molecule has 0 aliphatic carbocycles. The Kier molecular flexibility index (Phi) is 23.6. The first-order chi connectivity index (χ1) is 16.5. The molecule has 206 valence electrons. The summed E-state index contributed by atoms with van der Waals surface area (Å²) in [4.78, 5) is 0. The zero-order valence-corrected chi connectivity index (χ0v) is 25.5. The molecular weight excluding hydrogens is 436 g/mol. The maximum absolute atomic E-state index is 7.08. The van der Waals surface area contributed by atoms with Crippen molar-refractivity contribution in [3.8, 4) is 0 Å². The van der Waals surface area contributed by atoms with Crippen LogP contribution in [-0.2, 0) is 13.3 Å².